The van der Waals surface area contributed by atoms with Crippen LogP contribution in [-0.2, 0) is 11.3 Å². The molecule has 9 heteroatoms. The van der Waals surface area contributed by atoms with Crippen molar-refractivity contribution in [3.05, 3.63) is 74.7 Å². The molecule has 1 amide bonds. The zero-order valence-corrected chi connectivity index (χ0v) is 17.3. The van der Waals surface area contributed by atoms with Gasteiger partial charge in [-0.25, -0.2) is 4.79 Å². The zero-order chi connectivity index (χ0) is 22.1. The van der Waals surface area contributed by atoms with Crippen molar-refractivity contribution in [3.8, 4) is 11.5 Å². The van der Waals surface area contributed by atoms with E-state index < -0.39 is 23.7 Å². The fraction of sp³-hybridized carbons (Fsp3) is 0.227. The summed E-state index contributed by atoms with van der Waals surface area (Å²) in [5, 5.41) is 7.09. The number of H-pyrrole nitrogens is 1. The highest BCUT2D eigenvalue weighted by Gasteiger charge is 2.19. The lowest BCUT2D eigenvalue weighted by Crippen LogP contribution is -2.38. The van der Waals surface area contributed by atoms with E-state index in [1.807, 2.05) is 32.9 Å². The van der Waals surface area contributed by atoms with Crippen LogP contribution in [0, 0.1) is 6.92 Å². The highest BCUT2D eigenvalue weighted by atomic mass is 16.5. The van der Waals surface area contributed by atoms with Crippen LogP contribution in [-0.4, -0.2) is 25.6 Å². The SMILES string of the molecule is Cc1cccc(-c2nc(C(C)C)no2)c1NC(=O)Cn1c(=O)[nH]c2ccccc2c1=O. The van der Waals surface area contributed by atoms with Gasteiger partial charge in [-0.1, -0.05) is 43.3 Å². The molecule has 0 spiro atoms. The number of fused-ring (bicyclic) bond motifs is 1. The summed E-state index contributed by atoms with van der Waals surface area (Å²) in [6, 6.07) is 12.1. The normalized spacial score (nSPS) is 11.2. The van der Waals surface area contributed by atoms with Gasteiger partial charge < -0.3 is 14.8 Å². The van der Waals surface area contributed by atoms with Crippen LogP contribution in [0.5, 0.6) is 0 Å². The Labute approximate surface area is 176 Å². The summed E-state index contributed by atoms with van der Waals surface area (Å²) in [6.07, 6.45) is 0. The Morgan fingerprint density at radius 2 is 1.94 bits per heavy atom. The second kappa shape index (κ2) is 8.02. The second-order valence-electron chi connectivity index (χ2n) is 7.53. The monoisotopic (exact) mass is 419 g/mol. The number of benzene rings is 2. The third kappa shape index (κ3) is 3.89. The number of rotatable bonds is 5. The lowest BCUT2D eigenvalue weighted by molar-refractivity contribution is -0.116. The molecule has 9 nitrogen and oxygen atoms in total. The maximum atomic E-state index is 12.8. The van der Waals surface area contributed by atoms with Crippen molar-refractivity contribution in [1.29, 1.82) is 0 Å². The van der Waals surface area contributed by atoms with Crippen LogP contribution in [0.25, 0.3) is 22.4 Å². The molecule has 0 bridgehead atoms. The van der Waals surface area contributed by atoms with E-state index in [0.717, 1.165) is 10.1 Å². The summed E-state index contributed by atoms with van der Waals surface area (Å²) >= 11 is 0. The highest BCUT2D eigenvalue weighted by Crippen LogP contribution is 2.30. The van der Waals surface area contributed by atoms with Crippen molar-refractivity contribution in [1.82, 2.24) is 19.7 Å². The average molecular weight is 419 g/mol. The van der Waals surface area contributed by atoms with E-state index in [-0.39, 0.29) is 11.8 Å². The molecule has 4 rings (SSSR count). The van der Waals surface area contributed by atoms with E-state index in [9.17, 15) is 14.4 Å². The Hall–Kier alpha value is -4.01. The van der Waals surface area contributed by atoms with E-state index in [2.05, 4.69) is 20.4 Å². The summed E-state index contributed by atoms with van der Waals surface area (Å²) < 4.78 is 6.25. The van der Waals surface area contributed by atoms with E-state index in [1.165, 1.54) is 0 Å². The highest BCUT2D eigenvalue weighted by molar-refractivity contribution is 5.95. The minimum absolute atomic E-state index is 0.0897. The third-order valence-electron chi connectivity index (χ3n) is 4.92. The fourth-order valence-corrected chi connectivity index (χ4v) is 3.26. The standard InChI is InChI=1S/C22H21N5O4/c1-12(2)19-25-20(31-26-19)15-9-6-7-13(3)18(15)24-17(28)11-27-21(29)14-8-4-5-10-16(14)23-22(27)30/h4-10,12H,11H2,1-3H3,(H,23,30)(H,24,28). The number of nitrogens with zero attached hydrogens (tertiary/aromatic N) is 3. The second-order valence-corrected chi connectivity index (χ2v) is 7.53. The Morgan fingerprint density at radius 3 is 2.68 bits per heavy atom. The number of aryl methyl sites for hydroxylation is 1. The summed E-state index contributed by atoms with van der Waals surface area (Å²) in [5.41, 5.74) is 1.06. The molecule has 2 N–H and O–H groups in total. The number of aromatic amines is 1. The number of hydrogen-bond acceptors (Lipinski definition) is 6. The van der Waals surface area contributed by atoms with Crippen molar-refractivity contribution < 1.29 is 9.32 Å². The first-order valence-electron chi connectivity index (χ1n) is 9.80. The molecule has 0 atom stereocenters. The quantitative estimate of drug-likeness (QED) is 0.513. The van der Waals surface area contributed by atoms with Gasteiger partial charge in [0.1, 0.15) is 6.54 Å². The molecular weight excluding hydrogens is 398 g/mol. The molecule has 2 aromatic heterocycles. The van der Waals surface area contributed by atoms with Crippen LogP contribution in [0.3, 0.4) is 0 Å². The molecule has 0 aliphatic carbocycles. The summed E-state index contributed by atoms with van der Waals surface area (Å²) in [5.74, 6) is 0.403. The first-order chi connectivity index (χ1) is 14.8. The van der Waals surface area contributed by atoms with E-state index >= 15 is 0 Å². The van der Waals surface area contributed by atoms with E-state index in [4.69, 9.17) is 4.52 Å². The van der Waals surface area contributed by atoms with Gasteiger partial charge in [-0.05, 0) is 30.7 Å². The van der Waals surface area contributed by atoms with Crippen molar-refractivity contribution in [2.24, 2.45) is 0 Å². The number of amides is 1. The van der Waals surface area contributed by atoms with Crippen LogP contribution in [0.2, 0.25) is 0 Å². The van der Waals surface area contributed by atoms with Gasteiger partial charge in [0.05, 0.1) is 22.2 Å². The number of aromatic nitrogens is 4. The van der Waals surface area contributed by atoms with Crippen LogP contribution in [0.15, 0.2) is 56.6 Å². The Morgan fingerprint density at radius 1 is 1.16 bits per heavy atom. The van der Waals surface area contributed by atoms with Gasteiger partial charge in [-0.3, -0.25) is 14.2 Å². The number of carbonyl (C=O) groups excluding carboxylic acids is 1. The fourth-order valence-electron chi connectivity index (χ4n) is 3.26. The minimum atomic E-state index is -0.651. The first-order valence-corrected chi connectivity index (χ1v) is 9.80. The molecule has 2 heterocycles. The maximum Gasteiger partial charge on any atom is 0.329 e. The van der Waals surface area contributed by atoms with Crippen LogP contribution < -0.4 is 16.6 Å². The zero-order valence-electron chi connectivity index (χ0n) is 17.3. The van der Waals surface area contributed by atoms with E-state index in [1.54, 1.807) is 30.3 Å². The Balaban J connectivity index is 1.66. The largest absolute Gasteiger partial charge is 0.334 e. The topological polar surface area (TPSA) is 123 Å². The van der Waals surface area contributed by atoms with Crippen molar-refractivity contribution >= 4 is 22.5 Å². The number of para-hydroxylation sites is 2. The molecule has 0 radical (unpaired) electrons. The molecule has 2 aromatic carbocycles. The number of nitrogens with one attached hydrogen (secondary N) is 2. The predicted octanol–water partition coefficient (Wildman–Crippen LogP) is 2.81. The Bertz CT molecular complexity index is 1400. The minimum Gasteiger partial charge on any atom is -0.334 e. The molecule has 4 aromatic rings. The molecule has 0 fully saturated rings. The van der Waals surface area contributed by atoms with Crippen LogP contribution in [0.4, 0.5) is 5.69 Å². The van der Waals surface area contributed by atoms with Crippen LogP contribution >= 0.6 is 0 Å². The van der Waals surface area contributed by atoms with E-state index in [0.29, 0.717) is 28.0 Å². The average Bonchev–Trinajstić information content (AvgIpc) is 3.23. The van der Waals surface area contributed by atoms with Crippen molar-refractivity contribution in [2.45, 2.75) is 33.2 Å². The van der Waals surface area contributed by atoms with Gasteiger partial charge in [0.15, 0.2) is 5.82 Å². The number of hydrogen-bond donors (Lipinski definition) is 2. The summed E-state index contributed by atoms with van der Waals surface area (Å²) in [6.45, 7) is 5.29. The van der Waals surface area contributed by atoms with Gasteiger partial charge in [-0.2, -0.15) is 4.98 Å². The van der Waals surface area contributed by atoms with Crippen molar-refractivity contribution in [3.63, 3.8) is 0 Å². The molecular formula is C22H21N5O4. The van der Waals surface area contributed by atoms with Crippen molar-refractivity contribution in [2.75, 3.05) is 5.32 Å². The van der Waals surface area contributed by atoms with Gasteiger partial charge in [0.2, 0.25) is 5.91 Å². The molecule has 0 unspecified atom stereocenters. The Kier molecular flexibility index (Phi) is 5.24. The lowest BCUT2D eigenvalue weighted by Gasteiger charge is -2.12. The summed E-state index contributed by atoms with van der Waals surface area (Å²) in [4.78, 5) is 44.8. The molecule has 0 saturated heterocycles. The number of carbonyl (C=O) groups is 1. The smallest absolute Gasteiger partial charge is 0.329 e. The molecule has 0 saturated carbocycles. The third-order valence-corrected chi connectivity index (χ3v) is 4.92. The van der Waals surface area contributed by atoms with Crippen LogP contribution in [0.1, 0.15) is 31.2 Å². The molecule has 0 aliphatic heterocycles. The van der Waals surface area contributed by atoms with Gasteiger partial charge in [0.25, 0.3) is 11.4 Å². The number of anilines is 1. The first kappa shape index (κ1) is 20.3. The maximum absolute atomic E-state index is 12.8. The predicted molar refractivity (Wildman–Crippen MR) is 116 cm³/mol. The molecule has 158 valence electrons. The van der Waals surface area contributed by atoms with Gasteiger partial charge in [0, 0.05) is 5.92 Å². The molecule has 31 heavy (non-hydrogen) atoms. The molecule has 0 aliphatic rings. The lowest BCUT2D eigenvalue weighted by atomic mass is 10.1. The van der Waals surface area contributed by atoms with Gasteiger partial charge >= 0.3 is 5.69 Å². The summed E-state index contributed by atoms with van der Waals surface area (Å²) in [7, 11) is 0. The van der Waals surface area contributed by atoms with Gasteiger partial charge in [-0.15, -0.1) is 0 Å².